The van der Waals surface area contributed by atoms with E-state index >= 15 is 0 Å². The molecule has 5 aromatic carbocycles. The van der Waals surface area contributed by atoms with Crippen LogP contribution in [0.1, 0.15) is 92.0 Å². The molecule has 125 heavy (non-hydrogen) atoms. The summed E-state index contributed by atoms with van der Waals surface area (Å²) in [6, 6.07) is 47.3. The van der Waals surface area contributed by atoms with Crippen molar-refractivity contribution in [1.29, 1.82) is 0 Å². The molecule has 5 saturated heterocycles. The molecule has 5 aliphatic rings. The highest BCUT2D eigenvalue weighted by molar-refractivity contribution is 6.33. The minimum absolute atomic E-state index is 0.0271. The topological polar surface area (TPSA) is 369 Å². The zero-order chi connectivity index (χ0) is 88.9. The number of anilines is 11. The van der Waals surface area contributed by atoms with E-state index in [0.29, 0.717) is 89.0 Å². The van der Waals surface area contributed by atoms with Crippen molar-refractivity contribution in [1.82, 2.24) is 29.9 Å². The highest BCUT2D eigenvalue weighted by Gasteiger charge is 2.29. The Morgan fingerprint density at radius 3 is 0.976 bits per heavy atom. The van der Waals surface area contributed by atoms with Gasteiger partial charge in [0.15, 0.2) is 23.3 Å². The summed E-state index contributed by atoms with van der Waals surface area (Å²) in [5.41, 5.74) is 11.3. The van der Waals surface area contributed by atoms with Crippen LogP contribution in [-0.2, 0) is 37.4 Å². The van der Waals surface area contributed by atoms with E-state index in [1.165, 1.54) is 104 Å². The number of nitrogens with zero attached hydrogens (tertiary/aromatic N) is 15. The first-order valence-electron chi connectivity index (χ1n) is 40.0. The van der Waals surface area contributed by atoms with Gasteiger partial charge in [0, 0.05) is 116 Å². The lowest BCUT2D eigenvalue weighted by Gasteiger charge is -2.21. The number of carbonyl (C=O) groups is 1. The second-order valence-corrected chi connectivity index (χ2v) is 30.2. The third kappa shape index (κ3) is 27.8. The van der Waals surface area contributed by atoms with Gasteiger partial charge in [-0.05, 0) is 201 Å². The summed E-state index contributed by atoms with van der Waals surface area (Å²) in [4.78, 5) is 89.8. The summed E-state index contributed by atoms with van der Waals surface area (Å²) in [5, 5.41) is 59.2. The molecule has 16 rings (SSSR count). The lowest BCUT2D eigenvalue weighted by Crippen LogP contribution is -2.23. The van der Waals surface area contributed by atoms with Crippen molar-refractivity contribution < 1.29 is 50.8 Å². The SMILES string of the molecule is Nc1ccc(NCc2ccc(F)cc2)nc1N1CCCC1.O=C(Cc1ccc(F)c(F)c1)Nc1ccc(NCc2ccc(F)cc2)nc1N1CCCC1.O=[N+]([O-])c1ccc(Cl)nc1Cl.O=[N+]([O-])c1ccc(Cl)nc1N1CCCC1.O=[N+]([O-])c1ccc(NCc2ccc(F)cc2)nc1N1CCCC1.O=[N+]([O-])c1ccc(NCc2ccc(F)cc2)nc1N1CCCC1. The summed E-state index contributed by atoms with van der Waals surface area (Å²) in [6.45, 7) is 10.5. The number of pyridine rings is 6. The number of hydrogen-bond donors (Lipinski definition) is 6. The standard InChI is InChI=1S/C24H23F3N4O.2C16H17FN4O2.C16H19FN4.C9H10ClN3O2.C5H2Cl2N2O2/c25-18-6-3-16(4-7-18)15-28-22-10-9-21(24(30-22)31-11-1-2-12-31)29-23(32)14-17-5-8-19(26)20(27)13-17;2*17-13-5-3-12(4-6-13)11-18-15-8-7-14(21(22)23)16(19-15)20-9-1-2-10-20;17-13-5-3-12(4-6-13)11-19-15-8-7-14(18)16(20-15)21-9-1-2-10-21;10-8-4-3-7(13(14)15)9(11-8)12-5-1-2-6-12;6-4-2-1-3(9(10)11)5(7)8-4/h3-10,13H,1-2,11-12,14-15H2,(H,28,30)(H,29,32);2*3-8H,1-2,9-11H2,(H,18,19);3-8H,1-2,9-11,18H2,(H,19,20);3-4H,1-2,5-6H2;1-2H. The van der Waals surface area contributed by atoms with E-state index in [4.69, 9.17) is 40.5 Å². The summed E-state index contributed by atoms with van der Waals surface area (Å²) in [7, 11) is 0. The number of rotatable bonds is 24. The molecule has 6 aromatic heterocycles. The average molecular weight is 1780 g/mol. The molecule has 0 bridgehead atoms. The van der Waals surface area contributed by atoms with Crippen LogP contribution in [0, 0.1) is 75.4 Å². The number of nitrogens with one attached hydrogen (secondary N) is 5. The maximum absolute atomic E-state index is 13.4. The maximum Gasteiger partial charge on any atom is 0.311 e. The number of carbonyl (C=O) groups excluding carboxylic acids is 1. The molecule has 0 saturated carbocycles. The Bertz CT molecular complexity index is 5370. The number of nitro groups is 4. The number of hydrogen-bond acceptors (Lipinski definition) is 25. The lowest BCUT2D eigenvalue weighted by atomic mass is 10.1. The van der Waals surface area contributed by atoms with Gasteiger partial charge in [-0.1, -0.05) is 89.4 Å². The van der Waals surface area contributed by atoms with Gasteiger partial charge in [0.25, 0.3) is 0 Å². The zero-order valence-electron chi connectivity index (χ0n) is 67.4. The van der Waals surface area contributed by atoms with E-state index in [-0.39, 0.29) is 68.7 Å². The van der Waals surface area contributed by atoms with Crippen molar-refractivity contribution in [2.24, 2.45) is 0 Å². The Labute approximate surface area is 729 Å². The first kappa shape index (κ1) is 92.2. The van der Waals surface area contributed by atoms with E-state index in [9.17, 15) is 71.6 Å². The second-order valence-electron chi connectivity index (χ2n) is 29.1. The third-order valence-electron chi connectivity index (χ3n) is 20.1. The molecule has 7 N–H and O–H groups in total. The van der Waals surface area contributed by atoms with Crippen LogP contribution in [0.2, 0.25) is 15.5 Å². The number of nitrogens with two attached hydrogens (primary N) is 1. The Morgan fingerprint density at radius 2 is 0.624 bits per heavy atom. The van der Waals surface area contributed by atoms with Gasteiger partial charge in [-0.25, -0.2) is 56.2 Å². The first-order valence-corrected chi connectivity index (χ1v) is 41.2. The van der Waals surface area contributed by atoms with E-state index < -0.39 is 31.3 Å². The summed E-state index contributed by atoms with van der Waals surface area (Å²) < 4.78 is 78.3. The van der Waals surface area contributed by atoms with Crippen LogP contribution in [0.15, 0.2) is 188 Å². The predicted molar refractivity (Wildman–Crippen MR) is 472 cm³/mol. The Balaban J connectivity index is 0.000000150. The van der Waals surface area contributed by atoms with E-state index in [0.717, 1.165) is 163 Å². The number of nitrogen functional groups attached to an aromatic ring is 1. The minimum atomic E-state index is -0.980. The Morgan fingerprint density at radius 1 is 0.336 bits per heavy atom. The van der Waals surface area contributed by atoms with Crippen LogP contribution < -0.4 is 56.8 Å². The molecule has 5 aliphatic heterocycles. The fourth-order valence-electron chi connectivity index (χ4n) is 13.7. The number of amides is 1. The molecule has 0 unspecified atom stereocenters. The van der Waals surface area contributed by atoms with Crippen LogP contribution >= 0.6 is 34.8 Å². The zero-order valence-corrected chi connectivity index (χ0v) is 69.7. The fourth-order valence-corrected chi connectivity index (χ4v) is 14.3. The molecule has 11 aromatic rings. The molecule has 0 radical (unpaired) electrons. The van der Waals surface area contributed by atoms with Crippen molar-refractivity contribution in [3.05, 3.63) is 307 Å². The summed E-state index contributed by atoms with van der Waals surface area (Å²) >= 11 is 16.5. The molecule has 5 fully saturated rings. The number of halogens is 9. The molecule has 30 nitrogen and oxygen atoms in total. The van der Waals surface area contributed by atoms with Crippen molar-refractivity contribution in [2.45, 2.75) is 96.8 Å². The maximum atomic E-state index is 13.4. The van der Waals surface area contributed by atoms with Gasteiger partial charge in [-0.2, -0.15) is 0 Å². The molecular formula is C86H88Cl3F6N21O9. The monoisotopic (exact) mass is 1780 g/mol. The van der Waals surface area contributed by atoms with Crippen LogP contribution in [-0.4, -0.2) is 121 Å². The molecule has 1 amide bonds. The lowest BCUT2D eigenvalue weighted by molar-refractivity contribution is -0.385. The molecule has 11 heterocycles. The van der Waals surface area contributed by atoms with Gasteiger partial charge in [-0.15, -0.1) is 0 Å². The van der Waals surface area contributed by atoms with Crippen LogP contribution in [0.3, 0.4) is 0 Å². The highest BCUT2D eigenvalue weighted by atomic mass is 35.5. The average Bonchev–Trinajstić information content (AvgIpc) is 1.82. The fraction of sp³-hybridized carbons (Fsp3) is 0.291. The van der Waals surface area contributed by atoms with Crippen LogP contribution in [0.25, 0.3) is 0 Å². The summed E-state index contributed by atoms with van der Waals surface area (Å²) in [5.74, 6) is 1.97. The van der Waals surface area contributed by atoms with Crippen molar-refractivity contribution >= 4 is 127 Å². The normalized spacial score (nSPS) is 13.7. The first-order chi connectivity index (χ1) is 60.2. The van der Waals surface area contributed by atoms with Crippen molar-refractivity contribution in [2.75, 3.05) is 122 Å². The molecule has 39 heteroatoms. The molecule has 0 atom stereocenters. The molecule has 0 aliphatic carbocycles. The minimum Gasteiger partial charge on any atom is -0.396 e. The number of benzene rings is 5. The van der Waals surface area contributed by atoms with Crippen LogP contribution in [0.5, 0.6) is 0 Å². The highest BCUT2D eigenvalue weighted by Crippen LogP contribution is 2.36. The van der Waals surface area contributed by atoms with Crippen molar-refractivity contribution in [3.8, 4) is 0 Å². The Kier molecular flexibility index (Phi) is 33.6. The van der Waals surface area contributed by atoms with Gasteiger partial charge in [-0.3, -0.25) is 45.3 Å². The van der Waals surface area contributed by atoms with Gasteiger partial charge < -0.3 is 56.8 Å². The summed E-state index contributed by atoms with van der Waals surface area (Å²) in [6.07, 6.45) is 10.5. The number of aromatic nitrogens is 6. The third-order valence-corrected chi connectivity index (χ3v) is 20.8. The van der Waals surface area contributed by atoms with E-state index in [1.54, 1.807) is 72.8 Å². The van der Waals surface area contributed by atoms with Gasteiger partial charge >= 0.3 is 22.7 Å². The van der Waals surface area contributed by atoms with E-state index in [1.807, 2.05) is 26.8 Å². The predicted octanol–water partition coefficient (Wildman–Crippen LogP) is 19.1. The van der Waals surface area contributed by atoms with E-state index in [2.05, 4.69) is 66.3 Å². The van der Waals surface area contributed by atoms with Crippen LogP contribution in [0.4, 0.5) is 113 Å². The van der Waals surface area contributed by atoms with Gasteiger partial charge in [0.2, 0.25) is 28.5 Å². The smallest absolute Gasteiger partial charge is 0.311 e. The molecule has 0 spiro atoms. The second kappa shape index (κ2) is 45.6. The molecule has 654 valence electrons. The van der Waals surface area contributed by atoms with Gasteiger partial charge in [0.1, 0.15) is 56.8 Å². The van der Waals surface area contributed by atoms with Crippen molar-refractivity contribution in [3.63, 3.8) is 0 Å². The quantitative estimate of drug-likeness (QED) is 0.0142. The van der Waals surface area contributed by atoms with Gasteiger partial charge in [0.05, 0.1) is 37.5 Å². The molecular weight excluding hydrogens is 1690 g/mol. The largest absolute Gasteiger partial charge is 0.396 e. The Hall–Kier alpha value is -13.5.